The molecule has 0 saturated heterocycles. The van der Waals surface area contributed by atoms with Gasteiger partial charge in [0.1, 0.15) is 23.1 Å². The van der Waals surface area contributed by atoms with Crippen molar-refractivity contribution in [3.05, 3.63) is 59.4 Å². The molecule has 27 heavy (non-hydrogen) atoms. The first-order chi connectivity index (χ1) is 13.1. The van der Waals surface area contributed by atoms with Crippen LogP contribution in [-0.4, -0.2) is 34.0 Å². The zero-order valence-electron chi connectivity index (χ0n) is 14.4. The molecule has 4 rings (SSSR count). The van der Waals surface area contributed by atoms with Crippen molar-refractivity contribution in [2.45, 2.75) is 6.42 Å². The van der Waals surface area contributed by atoms with Crippen molar-refractivity contribution in [3.8, 4) is 22.1 Å². The second-order valence-electron chi connectivity index (χ2n) is 5.70. The molecule has 0 atom stereocenters. The molecule has 0 bridgehead atoms. The minimum absolute atomic E-state index is 0.0930. The summed E-state index contributed by atoms with van der Waals surface area (Å²) < 4.78 is 39.7. The van der Waals surface area contributed by atoms with Crippen molar-refractivity contribution in [3.63, 3.8) is 0 Å². The molecular formula is C18H14F2N4O2S. The van der Waals surface area contributed by atoms with E-state index in [2.05, 4.69) is 15.3 Å². The van der Waals surface area contributed by atoms with E-state index in [9.17, 15) is 8.78 Å². The van der Waals surface area contributed by atoms with Crippen LogP contribution in [0.5, 0.6) is 11.5 Å². The van der Waals surface area contributed by atoms with E-state index in [-0.39, 0.29) is 5.56 Å². The van der Waals surface area contributed by atoms with Crippen LogP contribution in [0.25, 0.3) is 15.5 Å². The third-order valence-corrected chi connectivity index (χ3v) is 4.98. The van der Waals surface area contributed by atoms with Gasteiger partial charge in [0.15, 0.2) is 10.8 Å². The predicted molar refractivity (Wildman–Crippen MR) is 96.4 cm³/mol. The van der Waals surface area contributed by atoms with Crippen molar-refractivity contribution in [2.24, 2.45) is 0 Å². The monoisotopic (exact) mass is 388 g/mol. The Bertz CT molecular complexity index is 1130. The molecule has 0 saturated carbocycles. The van der Waals surface area contributed by atoms with Crippen molar-refractivity contribution in [1.82, 2.24) is 19.8 Å². The van der Waals surface area contributed by atoms with E-state index >= 15 is 0 Å². The highest BCUT2D eigenvalue weighted by atomic mass is 32.1. The van der Waals surface area contributed by atoms with Gasteiger partial charge < -0.3 is 9.47 Å². The summed E-state index contributed by atoms with van der Waals surface area (Å²) in [7, 11) is 3.17. The average molecular weight is 388 g/mol. The van der Waals surface area contributed by atoms with Crippen molar-refractivity contribution >= 4 is 16.3 Å². The molecule has 0 unspecified atom stereocenters. The SMILES string of the molecule is COc1ccc(OC)c(Cc2nnc3sc(-c4cc(F)ccc4F)nn23)c1. The summed E-state index contributed by atoms with van der Waals surface area (Å²) >= 11 is 1.14. The number of hydrogen-bond acceptors (Lipinski definition) is 6. The lowest BCUT2D eigenvalue weighted by atomic mass is 10.1. The summed E-state index contributed by atoms with van der Waals surface area (Å²) in [5, 5.41) is 12.9. The largest absolute Gasteiger partial charge is 0.497 e. The standard InChI is InChI=1S/C18H14F2N4O2S/c1-25-12-4-6-15(26-2)10(7-12)8-16-21-22-18-24(16)23-17(27-18)13-9-11(19)3-5-14(13)20/h3-7,9H,8H2,1-2H3. The van der Waals surface area contributed by atoms with Gasteiger partial charge in [0.2, 0.25) is 4.96 Å². The Morgan fingerprint density at radius 2 is 1.89 bits per heavy atom. The fourth-order valence-electron chi connectivity index (χ4n) is 2.73. The molecule has 0 aliphatic carbocycles. The molecule has 0 amide bonds. The third-order valence-electron chi connectivity index (χ3n) is 4.05. The Morgan fingerprint density at radius 1 is 1.04 bits per heavy atom. The second-order valence-corrected chi connectivity index (χ2v) is 6.65. The summed E-state index contributed by atoms with van der Waals surface area (Å²) in [6.07, 6.45) is 0.385. The number of rotatable bonds is 5. The summed E-state index contributed by atoms with van der Waals surface area (Å²) in [5.74, 6) is 0.846. The first-order valence-electron chi connectivity index (χ1n) is 7.96. The number of benzene rings is 2. The van der Waals surface area contributed by atoms with E-state index in [1.807, 2.05) is 6.07 Å². The van der Waals surface area contributed by atoms with E-state index in [1.165, 1.54) is 4.52 Å². The molecule has 2 heterocycles. The number of methoxy groups -OCH3 is 2. The number of hydrogen-bond donors (Lipinski definition) is 0. The Balaban J connectivity index is 1.74. The molecule has 4 aromatic rings. The highest BCUT2D eigenvalue weighted by Gasteiger charge is 2.17. The lowest BCUT2D eigenvalue weighted by molar-refractivity contribution is 0.399. The molecule has 138 valence electrons. The topological polar surface area (TPSA) is 61.5 Å². The van der Waals surface area contributed by atoms with Gasteiger partial charge in [-0.2, -0.15) is 9.61 Å². The Morgan fingerprint density at radius 3 is 2.67 bits per heavy atom. The molecular weight excluding hydrogens is 374 g/mol. The summed E-state index contributed by atoms with van der Waals surface area (Å²) in [4.78, 5) is 0.491. The van der Waals surface area contributed by atoms with Crippen LogP contribution in [0.3, 0.4) is 0 Å². The second kappa shape index (κ2) is 6.92. The number of aromatic nitrogens is 4. The lowest BCUT2D eigenvalue weighted by Gasteiger charge is -2.09. The van der Waals surface area contributed by atoms with Crippen LogP contribution >= 0.6 is 11.3 Å². The highest BCUT2D eigenvalue weighted by molar-refractivity contribution is 7.19. The molecule has 6 nitrogen and oxygen atoms in total. The van der Waals surface area contributed by atoms with Gasteiger partial charge in [-0.15, -0.1) is 10.2 Å². The summed E-state index contributed by atoms with van der Waals surface area (Å²) in [5.41, 5.74) is 0.938. The van der Waals surface area contributed by atoms with E-state index in [0.29, 0.717) is 33.7 Å². The first-order valence-corrected chi connectivity index (χ1v) is 8.78. The highest BCUT2D eigenvalue weighted by Crippen LogP contribution is 2.30. The van der Waals surface area contributed by atoms with Crippen molar-refractivity contribution in [1.29, 1.82) is 0 Å². The van der Waals surface area contributed by atoms with Crippen LogP contribution in [0.1, 0.15) is 11.4 Å². The van der Waals surface area contributed by atoms with Gasteiger partial charge in [-0.1, -0.05) is 11.3 Å². The number of halogens is 2. The maximum atomic E-state index is 14.0. The number of fused-ring (bicyclic) bond motifs is 1. The fourth-order valence-corrected chi connectivity index (χ4v) is 3.60. The summed E-state index contributed by atoms with van der Waals surface area (Å²) in [6, 6.07) is 8.72. The zero-order chi connectivity index (χ0) is 19.0. The Labute approximate surface area is 157 Å². The zero-order valence-corrected chi connectivity index (χ0v) is 15.3. The molecule has 0 aliphatic heterocycles. The number of ether oxygens (including phenoxy) is 2. The maximum Gasteiger partial charge on any atom is 0.234 e. The van der Waals surface area contributed by atoms with Crippen LogP contribution in [0.2, 0.25) is 0 Å². The van der Waals surface area contributed by atoms with Gasteiger partial charge in [-0.25, -0.2) is 8.78 Å². The molecule has 0 N–H and O–H groups in total. The molecule has 2 aromatic heterocycles. The Kier molecular flexibility index (Phi) is 4.44. The van der Waals surface area contributed by atoms with E-state index in [0.717, 1.165) is 35.1 Å². The smallest absolute Gasteiger partial charge is 0.234 e. The van der Waals surface area contributed by atoms with E-state index in [1.54, 1.807) is 26.4 Å². The van der Waals surface area contributed by atoms with Crippen LogP contribution in [0, 0.1) is 11.6 Å². The lowest BCUT2D eigenvalue weighted by Crippen LogP contribution is -2.01. The van der Waals surface area contributed by atoms with Crippen LogP contribution in [0.4, 0.5) is 8.78 Å². The number of nitrogens with zero attached hydrogens (tertiary/aromatic N) is 4. The van der Waals surface area contributed by atoms with Crippen LogP contribution < -0.4 is 9.47 Å². The first kappa shape index (κ1) is 17.3. The van der Waals surface area contributed by atoms with Crippen molar-refractivity contribution in [2.75, 3.05) is 14.2 Å². The van der Waals surface area contributed by atoms with Gasteiger partial charge >= 0.3 is 0 Å². The predicted octanol–water partition coefficient (Wildman–Crippen LogP) is 3.74. The van der Waals surface area contributed by atoms with Crippen LogP contribution in [-0.2, 0) is 6.42 Å². The summed E-state index contributed by atoms with van der Waals surface area (Å²) in [6.45, 7) is 0. The van der Waals surface area contributed by atoms with E-state index in [4.69, 9.17) is 9.47 Å². The quantitative estimate of drug-likeness (QED) is 0.521. The van der Waals surface area contributed by atoms with Crippen molar-refractivity contribution < 1.29 is 18.3 Å². The van der Waals surface area contributed by atoms with Crippen LogP contribution in [0.15, 0.2) is 36.4 Å². The van der Waals surface area contributed by atoms with Gasteiger partial charge in [0, 0.05) is 12.0 Å². The average Bonchev–Trinajstić information content (AvgIpc) is 3.25. The van der Waals surface area contributed by atoms with Gasteiger partial charge in [-0.3, -0.25) is 0 Å². The Hall–Kier alpha value is -3.07. The van der Waals surface area contributed by atoms with Gasteiger partial charge in [0.05, 0.1) is 19.8 Å². The molecule has 0 radical (unpaired) electrons. The van der Waals surface area contributed by atoms with Gasteiger partial charge in [-0.05, 0) is 36.4 Å². The van der Waals surface area contributed by atoms with E-state index < -0.39 is 11.6 Å². The molecule has 2 aromatic carbocycles. The molecule has 9 heteroatoms. The molecule has 0 aliphatic rings. The minimum Gasteiger partial charge on any atom is -0.497 e. The normalized spacial score (nSPS) is 11.1. The molecule has 0 fully saturated rings. The minimum atomic E-state index is -0.544. The molecule has 0 spiro atoms. The van der Waals surface area contributed by atoms with Gasteiger partial charge in [0.25, 0.3) is 0 Å². The fraction of sp³-hybridized carbons (Fsp3) is 0.167. The third kappa shape index (κ3) is 3.21. The maximum absolute atomic E-state index is 14.0.